The maximum Gasteiger partial charge on any atom is 0.418 e. The molecule has 4 rings (SSSR count). The Morgan fingerprint density at radius 3 is 2.23 bits per heavy atom. The molecule has 0 aliphatic carbocycles. The number of nitrogens with zero attached hydrogens (tertiary/aromatic N) is 4. The Labute approximate surface area is 203 Å². The summed E-state index contributed by atoms with van der Waals surface area (Å²) in [5.74, 6) is -0.199. The third-order valence-corrected chi connectivity index (χ3v) is 5.52. The van der Waals surface area contributed by atoms with Crippen molar-refractivity contribution < 1.29 is 27.5 Å². The van der Waals surface area contributed by atoms with E-state index >= 15 is 0 Å². The summed E-state index contributed by atoms with van der Waals surface area (Å²) in [6.45, 7) is 1.14. The zero-order valence-corrected chi connectivity index (χ0v) is 18.9. The van der Waals surface area contributed by atoms with Crippen LogP contribution in [0.25, 0.3) is 0 Å². The van der Waals surface area contributed by atoms with Crippen LogP contribution >= 0.6 is 11.6 Å². The lowest BCUT2D eigenvalue weighted by Crippen LogP contribution is -2.49. The number of hydrogen-bond acceptors (Lipinski definition) is 6. The largest absolute Gasteiger partial charge is 0.418 e. The molecule has 2 amide bonds. The number of carbonyl (C=O) groups is 2. The van der Waals surface area contributed by atoms with Gasteiger partial charge in [0.2, 0.25) is 5.88 Å². The molecule has 182 valence electrons. The molecular formula is C23H19ClF3N5O3. The lowest BCUT2D eigenvalue weighted by atomic mass is 10.1. The summed E-state index contributed by atoms with van der Waals surface area (Å²) in [5, 5.41) is 11.0. The highest BCUT2D eigenvalue weighted by molar-refractivity contribution is 6.30. The highest BCUT2D eigenvalue weighted by Gasteiger charge is 2.36. The maximum absolute atomic E-state index is 13.3. The van der Waals surface area contributed by atoms with Gasteiger partial charge in [0.25, 0.3) is 5.91 Å². The second kappa shape index (κ2) is 10.2. The Bertz CT molecular complexity index is 1200. The molecule has 1 aliphatic rings. The lowest BCUT2D eigenvalue weighted by molar-refractivity contribution is -0.138. The fraction of sp³-hybridized carbons (Fsp3) is 0.217. The van der Waals surface area contributed by atoms with Crippen molar-refractivity contribution in [1.82, 2.24) is 15.1 Å². The Balaban J connectivity index is 1.32. The van der Waals surface area contributed by atoms with E-state index in [1.54, 1.807) is 30.3 Å². The average Bonchev–Trinajstić information content (AvgIpc) is 2.85. The molecule has 0 bridgehead atoms. The highest BCUT2D eigenvalue weighted by atomic mass is 35.5. The normalized spacial score (nSPS) is 13.9. The van der Waals surface area contributed by atoms with Gasteiger partial charge in [-0.05, 0) is 42.5 Å². The first-order valence-electron chi connectivity index (χ1n) is 10.5. The number of alkyl halides is 3. The predicted molar refractivity (Wildman–Crippen MR) is 123 cm³/mol. The Kier molecular flexibility index (Phi) is 7.06. The van der Waals surface area contributed by atoms with Crippen molar-refractivity contribution in [3.63, 3.8) is 0 Å². The van der Waals surface area contributed by atoms with E-state index in [0.717, 1.165) is 6.07 Å². The fourth-order valence-electron chi connectivity index (χ4n) is 3.53. The first-order chi connectivity index (χ1) is 16.7. The molecule has 2 heterocycles. The molecule has 0 radical (unpaired) electrons. The monoisotopic (exact) mass is 505 g/mol. The quantitative estimate of drug-likeness (QED) is 0.552. The molecule has 2 aromatic carbocycles. The Hall–Kier alpha value is -3.86. The molecule has 0 unspecified atom stereocenters. The number of nitrogens with one attached hydrogen (secondary N) is 1. The van der Waals surface area contributed by atoms with E-state index in [0.29, 0.717) is 29.6 Å². The summed E-state index contributed by atoms with van der Waals surface area (Å²) in [4.78, 5) is 27.9. The Morgan fingerprint density at radius 2 is 1.60 bits per heavy atom. The number of hydrogen-bond donors (Lipinski definition) is 1. The molecule has 1 aliphatic heterocycles. The maximum atomic E-state index is 13.3. The van der Waals surface area contributed by atoms with E-state index in [1.165, 1.54) is 29.2 Å². The van der Waals surface area contributed by atoms with Gasteiger partial charge < -0.3 is 14.5 Å². The minimum atomic E-state index is -4.61. The number of aromatic nitrogens is 2. The van der Waals surface area contributed by atoms with Crippen LogP contribution in [0, 0.1) is 0 Å². The van der Waals surface area contributed by atoms with Crippen molar-refractivity contribution >= 4 is 35.1 Å². The number of amides is 2. The van der Waals surface area contributed by atoms with Crippen LogP contribution in [0.15, 0.2) is 60.7 Å². The van der Waals surface area contributed by atoms with E-state index < -0.39 is 23.7 Å². The van der Waals surface area contributed by atoms with Gasteiger partial charge in [-0.1, -0.05) is 23.7 Å². The summed E-state index contributed by atoms with van der Waals surface area (Å²) in [6.07, 6.45) is -5.36. The van der Waals surface area contributed by atoms with Crippen LogP contribution in [0.3, 0.4) is 0 Å². The summed E-state index contributed by atoms with van der Waals surface area (Å²) < 4.78 is 44.9. The van der Waals surface area contributed by atoms with Gasteiger partial charge in [0, 0.05) is 43.0 Å². The summed E-state index contributed by atoms with van der Waals surface area (Å²) in [7, 11) is 0. The van der Waals surface area contributed by atoms with Crippen LogP contribution < -0.4 is 15.0 Å². The molecule has 35 heavy (non-hydrogen) atoms. The predicted octanol–water partition coefficient (Wildman–Crippen LogP) is 4.72. The second-order valence-electron chi connectivity index (χ2n) is 7.57. The van der Waals surface area contributed by atoms with E-state index in [4.69, 9.17) is 16.3 Å². The number of carbonyl (C=O) groups excluding carboxylic acids is 2. The van der Waals surface area contributed by atoms with Crippen molar-refractivity contribution in [2.24, 2.45) is 0 Å². The van der Waals surface area contributed by atoms with Gasteiger partial charge in [-0.3, -0.25) is 10.1 Å². The van der Waals surface area contributed by atoms with Crippen LogP contribution in [-0.4, -0.2) is 53.3 Å². The molecule has 1 aromatic heterocycles. The Morgan fingerprint density at radius 1 is 0.914 bits per heavy atom. The minimum Gasteiger partial charge on any atom is -0.389 e. The van der Waals surface area contributed by atoms with Gasteiger partial charge in [-0.2, -0.15) is 13.2 Å². The SMILES string of the molecule is O=C(Nc1ccc(Cl)cc1)Oc1ccc(N2CCN(C(=O)c3ccccc3C(F)(F)F)CC2)nn1. The number of rotatable bonds is 4. The van der Waals surface area contributed by atoms with E-state index in [-0.39, 0.29) is 24.5 Å². The van der Waals surface area contributed by atoms with E-state index in [1.807, 2.05) is 4.90 Å². The minimum absolute atomic E-state index is 0.0159. The van der Waals surface area contributed by atoms with E-state index in [9.17, 15) is 22.8 Å². The molecule has 0 spiro atoms. The molecule has 3 aromatic rings. The molecule has 8 nitrogen and oxygen atoms in total. The second-order valence-corrected chi connectivity index (χ2v) is 8.01. The van der Waals surface area contributed by atoms with Gasteiger partial charge in [-0.15, -0.1) is 10.2 Å². The standard InChI is InChI=1S/C23H19ClF3N5O3/c24-15-5-7-16(8-6-15)28-22(34)35-20-10-9-19(29-30-20)31-11-13-32(14-12-31)21(33)17-3-1-2-4-18(17)23(25,26)27/h1-10H,11-14H2,(H,28,34). The summed E-state index contributed by atoms with van der Waals surface area (Å²) in [5.41, 5.74) is -0.824. The molecule has 1 N–H and O–H groups in total. The number of piperazine rings is 1. The molecule has 1 saturated heterocycles. The van der Waals surface area contributed by atoms with Crippen LogP contribution in [-0.2, 0) is 6.18 Å². The average molecular weight is 506 g/mol. The van der Waals surface area contributed by atoms with Gasteiger partial charge in [0.05, 0.1) is 11.1 Å². The lowest BCUT2D eigenvalue weighted by Gasteiger charge is -2.35. The van der Waals surface area contributed by atoms with Crippen LogP contribution in [0.1, 0.15) is 15.9 Å². The fourth-order valence-corrected chi connectivity index (χ4v) is 3.66. The third kappa shape index (κ3) is 5.99. The van der Waals surface area contributed by atoms with Crippen LogP contribution in [0.2, 0.25) is 5.02 Å². The summed E-state index contributed by atoms with van der Waals surface area (Å²) in [6, 6.07) is 14.3. The zero-order chi connectivity index (χ0) is 25.0. The number of ether oxygens (including phenoxy) is 1. The molecule has 12 heteroatoms. The van der Waals surface area contributed by atoms with Crippen molar-refractivity contribution in [2.75, 3.05) is 36.4 Å². The highest BCUT2D eigenvalue weighted by Crippen LogP contribution is 2.32. The smallest absolute Gasteiger partial charge is 0.389 e. The zero-order valence-electron chi connectivity index (χ0n) is 18.1. The van der Waals surface area contributed by atoms with Gasteiger partial charge >= 0.3 is 12.3 Å². The number of anilines is 2. The first-order valence-corrected chi connectivity index (χ1v) is 10.9. The van der Waals surface area contributed by atoms with Crippen molar-refractivity contribution in [3.8, 4) is 5.88 Å². The van der Waals surface area contributed by atoms with Gasteiger partial charge in [0.1, 0.15) is 0 Å². The third-order valence-electron chi connectivity index (χ3n) is 5.27. The molecule has 1 fully saturated rings. The molecular weight excluding hydrogens is 487 g/mol. The molecule has 0 saturated carbocycles. The number of halogens is 4. The van der Waals surface area contributed by atoms with Gasteiger partial charge in [-0.25, -0.2) is 4.79 Å². The van der Waals surface area contributed by atoms with Crippen LogP contribution in [0.4, 0.5) is 29.5 Å². The molecule has 0 atom stereocenters. The van der Waals surface area contributed by atoms with Crippen molar-refractivity contribution in [3.05, 3.63) is 76.8 Å². The summed E-state index contributed by atoms with van der Waals surface area (Å²) >= 11 is 5.80. The van der Waals surface area contributed by atoms with Crippen LogP contribution in [0.5, 0.6) is 5.88 Å². The van der Waals surface area contributed by atoms with E-state index in [2.05, 4.69) is 15.5 Å². The topological polar surface area (TPSA) is 87.7 Å². The van der Waals surface area contributed by atoms with Crippen molar-refractivity contribution in [2.45, 2.75) is 6.18 Å². The number of benzene rings is 2. The van der Waals surface area contributed by atoms with Crippen molar-refractivity contribution in [1.29, 1.82) is 0 Å². The van der Waals surface area contributed by atoms with Gasteiger partial charge in [0.15, 0.2) is 5.82 Å². The first kappa shape index (κ1) is 24.3.